The van der Waals surface area contributed by atoms with Crippen molar-refractivity contribution in [1.29, 1.82) is 0 Å². The van der Waals surface area contributed by atoms with E-state index in [0.717, 1.165) is 26.9 Å². The smallest absolute Gasteiger partial charge is 0.267 e. The molecule has 0 unspecified atom stereocenters. The number of rotatable bonds is 3. The predicted molar refractivity (Wildman–Crippen MR) is 112 cm³/mol. The average molecular weight is 387 g/mol. The van der Waals surface area contributed by atoms with Crippen LogP contribution in [0.15, 0.2) is 64.4 Å². The molecule has 7 nitrogen and oxygen atoms in total. The Kier molecular flexibility index (Phi) is 4.50. The first-order valence-electron chi connectivity index (χ1n) is 9.24. The molecule has 0 aliphatic heterocycles. The van der Waals surface area contributed by atoms with Crippen LogP contribution in [0.2, 0.25) is 0 Å². The molecule has 146 valence electrons. The fourth-order valence-electron chi connectivity index (χ4n) is 3.28. The highest BCUT2D eigenvalue weighted by atomic mass is 16.2. The molecular formula is C22H21N5O2. The van der Waals surface area contributed by atoms with Crippen LogP contribution in [0.4, 0.5) is 0 Å². The predicted octanol–water partition coefficient (Wildman–Crippen LogP) is 2.71. The number of hydrogen-bond donors (Lipinski definition) is 0. The van der Waals surface area contributed by atoms with E-state index in [1.54, 1.807) is 17.1 Å². The zero-order valence-electron chi connectivity index (χ0n) is 16.7. The summed E-state index contributed by atoms with van der Waals surface area (Å²) < 4.78 is 4.02. The number of hydrogen-bond acceptors (Lipinski definition) is 4. The summed E-state index contributed by atoms with van der Waals surface area (Å²) in [5.74, 6) is 0. The minimum absolute atomic E-state index is 0.171. The van der Waals surface area contributed by atoms with Crippen LogP contribution in [0.5, 0.6) is 0 Å². The Morgan fingerprint density at radius 3 is 2.14 bits per heavy atom. The van der Waals surface area contributed by atoms with E-state index < -0.39 is 11.2 Å². The van der Waals surface area contributed by atoms with Gasteiger partial charge in [0.1, 0.15) is 0 Å². The van der Waals surface area contributed by atoms with Gasteiger partial charge in [-0.05, 0) is 56.2 Å². The van der Waals surface area contributed by atoms with Crippen molar-refractivity contribution >= 4 is 0 Å². The first-order chi connectivity index (χ1) is 13.8. The Labute approximate surface area is 167 Å². The quantitative estimate of drug-likeness (QED) is 0.542. The zero-order chi connectivity index (χ0) is 20.7. The minimum Gasteiger partial charge on any atom is -0.267 e. The first kappa shape index (κ1) is 18.6. The molecule has 0 atom stereocenters. The van der Waals surface area contributed by atoms with Crippen molar-refractivity contribution < 1.29 is 0 Å². The molecule has 29 heavy (non-hydrogen) atoms. The van der Waals surface area contributed by atoms with Gasteiger partial charge in [0.25, 0.3) is 5.56 Å². The van der Waals surface area contributed by atoms with Gasteiger partial charge in [-0.2, -0.15) is 14.9 Å². The van der Waals surface area contributed by atoms with E-state index in [9.17, 15) is 9.59 Å². The van der Waals surface area contributed by atoms with Crippen LogP contribution in [0.25, 0.3) is 22.6 Å². The van der Waals surface area contributed by atoms with E-state index in [1.807, 2.05) is 63.2 Å². The lowest BCUT2D eigenvalue weighted by Gasteiger charge is -2.10. The lowest BCUT2D eigenvalue weighted by Crippen LogP contribution is -2.40. The van der Waals surface area contributed by atoms with Crippen molar-refractivity contribution in [3.8, 4) is 22.6 Å². The van der Waals surface area contributed by atoms with Crippen LogP contribution in [-0.2, 0) is 7.05 Å². The van der Waals surface area contributed by atoms with Gasteiger partial charge in [0.15, 0.2) is 5.69 Å². The van der Waals surface area contributed by atoms with Crippen molar-refractivity contribution in [1.82, 2.24) is 24.1 Å². The second-order valence-electron chi connectivity index (χ2n) is 7.26. The first-order valence-corrected chi connectivity index (χ1v) is 9.24. The molecule has 0 aliphatic rings. The molecular weight excluding hydrogens is 366 g/mol. The summed E-state index contributed by atoms with van der Waals surface area (Å²) >= 11 is 0. The molecule has 0 saturated carbocycles. The Morgan fingerprint density at radius 2 is 1.48 bits per heavy atom. The molecule has 4 rings (SSSR count). The highest BCUT2D eigenvalue weighted by molar-refractivity contribution is 5.56. The van der Waals surface area contributed by atoms with Gasteiger partial charge in [0.05, 0.1) is 17.6 Å². The highest BCUT2D eigenvalue weighted by Gasteiger charge is 2.16. The lowest BCUT2D eigenvalue weighted by atomic mass is 10.1. The van der Waals surface area contributed by atoms with Crippen molar-refractivity contribution in [3.63, 3.8) is 0 Å². The van der Waals surface area contributed by atoms with E-state index in [1.165, 1.54) is 11.7 Å². The third-order valence-corrected chi connectivity index (χ3v) is 4.78. The van der Waals surface area contributed by atoms with Gasteiger partial charge >= 0.3 is 5.69 Å². The fraction of sp³-hybridized carbons (Fsp3) is 0.182. The summed E-state index contributed by atoms with van der Waals surface area (Å²) in [6.07, 6.45) is 3.32. The van der Waals surface area contributed by atoms with E-state index in [0.29, 0.717) is 11.3 Å². The molecule has 7 heteroatoms. The molecule has 4 aromatic rings. The van der Waals surface area contributed by atoms with Crippen LogP contribution in [0.1, 0.15) is 16.7 Å². The molecule has 0 fully saturated rings. The Bertz CT molecular complexity index is 1310. The number of nitrogens with zero attached hydrogens (tertiary/aromatic N) is 5. The number of benzene rings is 2. The minimum atomic E-state index is -0.491. The fourth-order valence-corrected chi connectivity index (χ4v) is 3.28. The molecule has 0 bridgehead atoms. The molecule has 0 N–H and O–H groups in total. The second kappa shape index (κ2) is 7.01. The van der Waals surface area contributed by atoms with Gasteiger partial charge in [0.2, 0.25) is 0 Å². The van der Waals surface area contributed by atoms with Crippen LogP contribution < -0.4 is 11.2 Å². The summed E-state index contributed by atoms with van der Waals surface area (Å²) in [5, 5.41) is 8.75. The second-order valence-corrected chi connectivity index (χ2v) is 7.26. The topological polar surface area (TPSA) is 74.7 Å². The van der Waals surface area contributed by atoms with Crippen molar-refractivity contribution in [2.24, 2.45) is 7.05 Å². The Balaban J connectivity index is 1.87. The van der Waals surface area contributed by atoms with E-state index in [4.69, 9.17) is 0 Å². The Hall–Kier alpha value is -3.74. The van der Waals surface area contributed by atoms with Gasteiger partial charge in [-0.3, -0.25) is 9.36 Å². The number of aromatic nitrogens is 5. The summed E-state index contributed by atoms with van der Waals surface area (Å²) in [5.41, 5.74) is 4.43. The van der Waals surface area contributed by atoms with Gasteiger partial charge in [-0.25, -0.2) is 9.48 Å². The van der Waals surface area contributed by atoms with Gasteiger partial charge in [0, 0.05) is 18.8 Å². The molecule has 0 saturated heterocycles. The molecule has 0 aliphatic carbocycles. The van der Waals surface area contributed by atoms with E-state index >= 15 is 0 Å². The summed E-state index contributed by atoms with van der Waals surface area (Å²) in [6, 6.07) is 13.6. The molecule has 2 heterocycles. The Morgan fingerprint density at radius 1 is 0.828 bits per heavy atom. The zero-order valence-corrected chi connectivity index (χ0v) is 16.7. The maximum atomic E-state index is 12.7. The molecule has 2 aromatic carbocycles. The van der Waals surface area contributed by atoms with Crippen LogP contribution in [0.3, 0.4) is 0 Å². The van der Waals surface area contributed by atoms with Crippen LogP contribution in [-0.4, -0.2) is 24.1 Å². The average Bonchev–Trinajstić information content (AvgIpc) is 3.16. The van der Waals surface area contributed by atoms with Gasteiger partial charge in [-0.15, -0.1) is 0 Å². The summed E-state index contributed by atoms with van der Waals surface area (Å²) in [6.45, 7) is 5.92. The lowest BCUT2D eigenvalue weighted by molar-refractivity contribution is 0.660. The largest absolute Gasteiger partial charge is 0.351 e. The van der Waals surface area contributed by atoms with Crippen LogP contribution >= 0.6 is 0 Å². The molecule has 0 radical (unpaired) electrons. The van der Waals surface area contributed by atoms with Crippen LogP contribution in [0, 0.1) is 20.8 Å². The van der Waals surface area contributed by atoms with E-state index in [-0.39, 0.29) is 5.69 Å². The SMILES string of the molecule is Cc1ccc(-n2cc(-c3nn(-c4cc(C)cc(C)c4)c(=O)n(C)c3=O)cn2)cc1. The maximum absolute atomic E-state index is 12.7. The third-order valence-electron chi connectivity index (χ3n) is 4.78. The van der Waals surface area contributed by atoms with Gasteiger partial charge in [-0.1, -0.05) is 23.8 Å². The third kappa shape index (κ3) is 3.42. The maximum Gasteiger partial charge on any atom is 0.351 e. The van der Waals surface area contributed by atoms with Crippen molar-refractivity contribution in [2.45, 2.75) is 20.8 Å². The summed E-state index contributed by atoms with van der Waals surface area (Å²) in [7, 11) is 1.46. The monoisotopic (exact) mass is 387 g/mol. The van der Waals surface area contributed by atoms with Crippen molar-refractivity contribution in [2.75, 3.05) is 0 Å². The summed E-state index contributed by atoms with van der Waals surface area (Å²) in [4.78, 5) is 25.4. The highest BCUT2D eigenvalue weighted by Crippen LogP contribution is 2.17. The van der Waals surface area contributed by atoms with E-state index in [2.05, 4.69) is 10.2 Å². The molecule has 0 spiro atoms. The number of aryl methyl sites for hydroxylation is 3. The standard InChI is InChI=1S/C22H21N5O2/c1-14-5-7-18(8-6-14)26-13-17(12-23-26)20-21(28)25(4)22(29)27(24-20)19-10-15(2)9-16(3)11-19/h5-13H,1-4H3. The van der Waals surface area contributed by atoms with Crippen molar-refractivity contribution in [3.05, 3.63) is 92.4 Å². The molecule has 0 amide bonds. The molecule has 2 aromatic heterocycles. The van der Waals surface area contributed by atoms with Gasteiger partial charge < -0.3 is 0 Å². The normalized spacial score (nSPS) is 11.0.